The molecule has 0 atom stereocenters. The minimum absolute atomic E-state index is 0.590. The number of benzene rings is 1. The number of nitrogens with zero attached hydrogens (tertiary/aromatic N) is 3. The molecule has 0 radical (unpaired) electrons. The van der Waals surface area contributed by atoms with E-state index in [1.807, 2.05) is 10.8 Å². The summed E-state index contributed by atoms with van der Waals surface area (Å²) >= 11 is 0. The summed E-state index contributed by atoms with van der Waals surface area (Å²) in [6, 6.07) is 5.23. The summed E-state index contributed by atoms with van der Waals surface area (Å²) in [5.41, 5.74) is 0.218. The van der Waals surface area contributed by atoms with Crippen LogP contribution in [0.5, 0.6) is 0 Å². The highest BCUT2D eigenvalue weighted by atomic mass is 19.4. The van der Waals surface area contributed by atoms with Gasteiger partial charge in [0.25, 0.3) is 0 Å². The second kappa shape index (κ2) is 9.10. The molecule has 0 spiro atoms. The van der Waals surface area contributed by atoms with Crippen molar-refractivity contribution in [3.8, 4) is 0 Å². The zero-order valence-corrected chi connectivity index (χ0v) is 14.1. The predicted octanol–water partition coefficient (Wildman–Crippen LogP) is 2.70. The number of halogens is 3. The molecule has 1 heterocycles. The second-order valence-electron chi connectivity index (χ2n) is 5.52. The van der Waals surface area contributed by atoms with Gasteiger partial charge in [0.1, 0.15) is 0 Å². The summed E-state index contributed by atoms with van der Waals surface area (Å²) < 4.78 is 39.6. The van der Waals surface area contributed by atoms with Crippen LogP contribution in [0.1, 0.15) is 17.5 Å². The molecule has 25 heavy (non-hydrogen) atoms. The second-order valence-corrected chi connectivity index (χ2v) is 5.52. The van der Waals surface area contributed by atoms with Crippen LogP contribution < -0.4 is 10.6 Å². The van der Waals surface area contributed by atoms with Crippen molar-refractivity contribution in [2.24, 2.45) is 4.99 Å². The van der Waals surface area contributed by atoms with Gasteiger partial charge in [0.05, 0.1) is 11.9 Å². The number of aromatic nitrogens is 2. The first-order valence-corrected chi connectivity index (χ1v) is 8.05. The Labute approximate surface area is 145 Å². The lowest BCUT2D eigenvalue weighted by atomic mass is 10.1. The predicted molar refractivity (Wildman–Crippen MR) is 91.4 cm³/mol. The normalized spacial score (nSPS) is 12.2. The van der Waals surface area contributed by atoms with E-state index in [2.05, 4.69) is 20.6 Å². The molecule has 136 valence electrons. The van der Waals surface area contributed by atoms with Crippen LogP contribution in [0.3, 0.4) is 0 Å². The first kappa shape index (κ1) is 18.8. The number of nitrogens with one attached hydrogen (secondary N) is 2. The summed E-state index contributed by atoms with van der Waals surface area (Å²) in [7, 11) is 1.68. The Balaban J connectivity index is 1.66. The molecule has 2 aromatic rings. The van der Waals surface area contributed by atoms with E-state index in [0.29, 0.717) is 18.9 Å². The van der Waals surface area contributed by atoms with E-state index in [1.54, 1.807) is 19.6 Å². The largest absolute Gasteiger partial charge is 0.416 e. The maximum atomic E-state index is 12.5. The van der Waals surface area contributed by atoms with Gasteiger partial charge in [0.2, 0.25) is 0 Å². The number of guanidine groups is 1. The molecule has 5 nitrogen and oxygen atoms in total. The molecule has 1 aromatic heterocycles. The molecule has 0 aliphatic rings. The van der Waals surface area contributed by atoms with E-state index < -0.39 is 11.7 Å². The molecule has 0 amide bonds. The van der Waals surface area contributed by atoms with Gasteiger partial charge in [-0.1, -0.05) is 12.1 Å². The third-order valence-electron chi connectivity index (χ3n) is 3.66. The molecule has 0 fully saturated rings. The topological polar surface area (TPSA) is 54.2 Å². The lowest BCUT2D eigenvalue weighted by Crippen LogP contribution is -2.38. The highest BCUT2D eigenvalue weighted by molar-refractivity contribution is 5.79. The number of imidazole rings is 1. The van der Waals surface area contributed by atoms with Crippen LogP contribution >= 0.6 is 0 Å². The Hall–Kier alpha value is -2.51. The Bertz CT molecular complexity index is 648. The van der Waals surface area contributed by atoms with Gasteiger partial charge in [-0.05, 0) is 30.5 Å². The van der Waals surface area contributed by atoms with Crippen LogP contribution in [0.15, 0.2) is 48.0 Å². The molecule has 0 unspecified atom stereocenters. The molecule has 0 aliphatic carbocycles. The number of hydrogen-bond acceptors (Lipinski definition) is 2. The molecule has 8 heteroatoms. The molecule has 1 aromatic carbocycles. The number of aliphatic imine (C=N–C) groups is 1. The number of aryl methyl sites for hydroxylation is 1. The number of alkyl halides is 3. The van der Waals surface area contributed by atoms with E-state index in [0.717, 1.165) is 37.2 Å². The summed E-state index contributed by atoms with van der Waals surface area (Å²) in [6.45, 7) is 2.22. The van der Waals surface area contributed by atoms with Gasteiger partial charge in [-0.2, -0.15) is 13.2 Å². The van der Waals surface area contributed by atoms with Crippen molar-refractivity contribution in [2.45, 2.75) is 25.6 Å². The quantitative estimate of drug-likeness (QED) is 0.457. The summed E-state index contributed by atoms with van der Waals surface area (Å²) in [5.74, 6) is 0.678. The molecule has 2 rings (SSSR count). The van der Waals surface area contributed by atoms with E-state index in [-0.39, 0.29) is 0 Å². The molecular weight excluding hydrogens is 331 g/mol. The van der Waals surface area contributed by atoms with Crippen LogP contribution in [0, 0.1) is 0 Å². The summed E-state index contributed by atoms with van der Waals surface area (Å²) in [5, 5.41) is 6.36. The molecular formula is C17H22F3N5. The van der Waals surface area contributed by atoms with Gasteiger partial charge in [-0.25, -0.2) is 4.98 Å². The third-order valence-corrected chi connectivity index (χ3v) is 3.66. The third kappa shape index (κ3) is 6.48. The average Bonchev–Trinajstić information content (AvgIpc) is 3.10. The van der Waals surface area contributed by atoms with Gasteiger partial charge in [-0.3, -0.25) is 4.99 Å². The Morgan fingerprint density at radius 3 is 2.48 bits per heavy atom. The van der Waals surface area contributed by atoms with Crippen LogP contribution in [-0.4, -0.2) is 35.6 Å². The monoisotopic (exact) mass is 353 g/mol. The van der Waals surface area contributed by atoms with Crippen molar-refractivity contribution in [3.63, 3.8) is 0 Å². The van der Waals surface area contributed by atoms with Crippen molar-refractivity contribution in [2.75, 3.05) is 20.1 Å². The fraction of sp³-hybridized carbons (Fsp3) is 0.412. The fourth-order valence-electron chi connectivity index (χ4n) is 2.29. The number of hydrogen-bond donors (Lipinski definition) is 2. The first-order valence-electron chi connectivity index (χ1n) is 8.05. The highest BCUT2D eigenvalue weighted by Crippen LogP contribution is 2.29. The Morgan fingerprint density at radius 2 is 1.88 bits per heavy atom. The van der Waals surface area contributed by atoms with Crippen LogP contribution in [0.4, 0.5) is 13.2 Å². The average molecular weight is 353 g/mol. The minimum Gasteiger partial charge on any atom is -0.356 e. The van der Waals surface area contributed by atoms with Crippen molar-refractivity contribution < 1.29 is 13.2 Å². The molecule has 2 N–H and O–H groups in total. The molecule has 0 bridgehead atoms. The van der Waals surface area contributed by atoms with E-state index in [9.17, 15) is 13.2 Å². The van der Waals surface area contributed by atoms with Crippen LogP contribution in [0.2, 0.25) is 0 Å². The summed E-state index contributed by atoms with van der Waals surface area (Å²) in [6.07, 6.45) is 2.69. The van der Waals surface area contributed by atoms with Crippen LogP contribution in [-0.2, 0) is 19.1 Å². The van der Waals surface area contributed by atoms with Gasteiger partial charge < -0.3 is 15.2 Å². The zero-order chi connectivity index (χ0) is 18.1. The van der Waals surface area contributed by atoms with E-state index >= 15 is 0 Å². The van der Waals surface area contributed by atoms with Crippen molar-refractivity contribution >= 4 is 5.96 Å². The summed E-state index contributed by atoms with van der Waals surface area (Å²) in [4.78, 5) is 8.11. The lowest BCUT2D eigenvalue weighted by molar-refractivity contribution is -0.137. The Kier molecular flexibility index (Phi) is 6.85. The van der Waals surface area contributed by atoms with Crippen molar-refractivity contribution in [1.82, 2.24) is 20.2 Å². The molecule has 0 aliphatic heterocycles. The maximum absolute atomic E-state index is 12.5. The Morgan fingerprint density at radius 1 is 1.16 bits per heavy atom. The first-order chi connectivity index (χ1) is 12.0. The van der Waals surface area contributed by atoms with Crippen LogP contribution in [0.25, 0.3) is 0 Å². The van der Waals surface area contributed by atoms with Gasteiger partial charge in [-0.15, -0.1) is 0 Å². The zero-order valence-electron chi connectivity index (χ0n) is 14.1. The SMILES string of the molecule is CN=C(NCCCn1ccnc1)NCCc1ccc(C(F)(F)F)cc1. The van der Waals surface area contributed by atoms with Crippen molar-refractivity contribution in [3.05, 3.63) is 54.1 Å². The highest BCUT2D eigenvalue weighted by Gasteiger charge is 2.29. The van der Waals surface area contributed by atoms with Gasteiger partial charge in [0, 0.05) is 39.1 Å². The lowest BCUT2D eigenvalue weighted by Gasteiger charge is -2.12. The fourth-order valence-corrected chi connectivity index (χ4v) is 2.29. The molecule has 0 saturated carbocycles. The van der Waals surface area contributed by atoms with Gasteiger partial charge >= 0.3 is 6.18 Å². The standard InChI is InChI=1S/C17H22F3N5/c1-21-16(23-8-2-11-25-12-10-22-13-25)24-9-7-14-3-5-15(6-4-14)17(18,19)20/h3-6,10,12-13H,2,7-9,11H2,1H3,(H2,21,23,24). The van der Waals surface area contributed by atoms with Crippen molar-refractivity contribution in [1.29, 1.82) is 0 Å². The minimum atomic E-state index is -4.29. The molecule has 0 saturated heterocycles. The smallest absolute Gasteiger partial charge is 0.356 e. The van der Waals surface area contributed by atoms with E-state index in [4.69, 9.17) is 0 Å². The van der Waals surface area contributed by atoms with E-state index in [1.165, 1.54) is 12.1 Å². The maximum Gasteiger partial charge on any atom is 0.416 e. The van der Waals surface area contributed by atoms with Gasteiger partial charge in [0.15, 0.2) is 5.96 Å². The number of rotatable bonds is 7.